The monoisotopic (exact) mass is 332 g/mol. The smallest absolute Gasteiger partial charge is 0.240 e. The van der Waals surface area contributed by atoms with Crippen molar-refractivity contribution in [3.63, 3.8) is 0 Å². The number of carbonyl (C=O) groups is 2. The van der Waals surface area contributed by atoms with E-state index in [0.717, 1.165) is 5.71 Å². The first kappa shape index (κ1) is 17.2. The summed E-state index contributed by atoms with van der Waals surface area (Å²) in [5.74, 6) is -0.116. The summed E-state index contributed by atoms with van der Waals surface area (Å²) < 4.78 is 0. The van der Waals surface area contributed by atoms with Crippen LogP contribution >= 0.6 is 11.8 Å². The number of hydrogen-bond acceptors (Lipinski definition) is 5. The standard InChI is InChI=1S/C16H20N4O2S/c1-10(2)11(3)19-20-16-18-15(22)13(23-16)9-14(21)17-12-7-5-4-6-8-12/h4-8,10,13H,9H2,1-3H3,(H,17,21)(H,18,20,22)/t13-/m0/s1. The van der Waals surface area contributed by atoms with E-state index in [0.29, 0.717) is 16.8 Å². The molecule has 6 nitrogen and oxygen atoms in total. The van der Waals surface area contributed by atoms with E-state index in [1.165, 1.54) is 11.8 Å². The van der Waals surface area contributed by atoms with E-state index in [4.69, 9.17) is 0 Å². The van der Waals surface area contributed by atoms with Gasteiger partial charge in [-0.25, -0.2) is 0 Å². The van der Waals surface area contributed by atoms with Crippen molar-refractivity contribution in [2.45, 2.75) is 32.4 Å². The number of thioether (sulfide) groups is 1. The molecule has 1 heterocycles. The van der Waals surface area contributed by atoms with Gasteiger partial charge in [0.05, 0.1) is 0 Å². The molecule has 1 atom stereocenters. The summed E-state index contributed by atoms with van der Waals surface area (Å²) in [5, 5.41) is 13.5. The van der Waals surface area contributed by atoms with Crippen LogP contribution in [0.15, 0.2) is 40.5 Å². The first-order valence-electron chi connectivity index (χ1n) is 7.40. The Morgan fingerprint density at radius 3 is 2.70 bits per heavy atom. The largest absolute Gasteiger partial charge is 0.326 e. The van der Waals surface area contributed by atoms with Gasteiger partial charge in [0.2, 0.25) is 11.8 Å². The molecule has 1 aromatic rings. The molecule has 0 spiro atoms. The van der Waals surface area contributed by atoms with Crippen LogP contribution in [0.1, 0.15) is 27.2 Å². The molecule has 2 N–H and O–H groups in total. The van der Waals surface area contributed by atoms with Crippen LogP contribution in [0.4, 0.5) is 5.69 Å². The van der Waals surface area contributed by atoms with Crippen LogP contribution in [0.5, 0.6) is 0 Å². The fourth-order valence-electron chi connectivity index (χ4n) is 1.73. The molecule has 23 heavy (non-hydrogen) atoms. The Bertz CT molecular complexity index is 641. The molecule has 1 aliphatic heterocycles. The van der Waals surface area contributed by atoms with E-state index >= 15 is 0 Å². The van der Waals surface area contributed by atoms with E-state index in [1.807, 2.05) is 39.0 Å². The lowest BCUT2D eigenvalue weighted by atomic mass is 10.1. The lowest BCUT2D eigenvalue weighted by Gasteiger charge is -2.06. The molecule has 0 aromatic heterocycles. The highest BCUT2D eigenvalue weighted by atomic mass is 32.2. The van der Waals surface area contributed by atoms with E-state index in [-0.39, 0.29) is 18.2 Å². The maximum atomic E-state index is 12.0. The number of hydrogen-bond donors (Lipinski definition) is 2. The summed E-state index contributed by atoms with van der Waals surface area (Å²) in [6.07, 6.45) is 0.0945. The third-order valence-electron chi connectivity index (χ3n) is 3.34. The number of amidine groups is 1. The predicted molar refractivity (Wildman–Crippen MR) is 94.6 cm³/mol. The molecule has 1 saturated heterocycles. The zero-order valence-electron chi connectivity index (χ0n) is 13.4. The first-order chi connectivity index (χ1) is 11.0. The minimum atomic E-state index is -0.480. The van der Waals surface area contributed by atoms with E-state index < -0.39 is 5.25 Å². The maximum Gasteiger partial charge on any atom is 0.240 e. The Kier molecular flexibility index (Phi) is 5.92. The molecule has 0 aliphatic carbocycles. The van der Waals surface area contributed by atoms with Gasteiger partial charge in [0.15, 0.2) is 5.17 Å². The van der Waals surface area contributed by atoms with Crippen molar-refractivity contribution in [3.8, 4) is 0 Å². The third-order valence-corrected chi connectivity index (χ3v) is 4.41. The highest BCUT2D eigenvalue weighted by Gasteiger charge is 2.32. The molecule has 2 rings (SSSR count). The van der Waals surface area contributed by atoms with Gasteiger partial charge in [0, 0.05) is 17.8 Å². The number of amides is 2. The zero-order chi connectivity index (χ0) is 16.8. The van der Waals surface area contributed by atoms with Crippen LogP contribution in [-0.2, 0) is 9.59 Å². The predicted octanol–water partition coefficient (Wildman–Crippen LogP) is 2.63. The van der Waals surface area contributed by atoms with Crippen molar-refractivity contribution in [2.75, 3.05) is 5.32 Å². The highest BCUT2D eigenvalue weighted by Crippen LogP contribution is 2.23. The summed E-state index contributed by atoms with van der Waals surface area (Å²) in [5.41, 5.74) is 1.60. The Balaban J connectivity index is 1.92. The Hall–Kier alpha value is -2.15. The van der Waals surface area contributed by atoms with E-state index in [9.17, 15) is 9.59 Å². The van der Waals surface area contributed by atoms with Crippen molar-refractivity contribution < 1.29 is 9.59 Å². The second-order valence-corrected chi connectivity index (χ2v) is 6.71. The average molecular weight is 332 g/mol. The zero-order valence-corrected chi connectivity index (χ0v) is 14.2. The lowest BCUT2D eigenvalue weighted by Crippen LogP contribution is -2.28. The average Bonchev–Trinajstić information content (AvgIpc) is 2.85. The van der Waals surface area contributed by atoms with Crippen LogP contribution in [0, 0.1) is 5.92 Å². The topological polar surface area (TPSA) is 82.9 Å². The number of para-hydroxylation sites is 1. The van der Waals surface area contributed by atoms with Gasteiger partial charge in [0.1, 0.15) is 5.25 Å². The molecular weight excluding hydrogens is 312 g/mol. The second-order valence-electron chi connectivity index (χ2n) is 5.52. The second kappa shape index (κ2) is 7.92. The number of nitrogens with one attached hydrogen (secondary N) is 2. The summed E-state index contributed by atoms with van der Waals surface area (Å²) in [6, 6.07) is 9.16. The number of carbonyl (C=O) groups excluding carboxylic acids is 2. The number of anilines is 1. The molecule has 0 bridgehead atoms. The maximum absolute atomic E-state index is 12.0. The Morgan fingerprint density at radius 1 is 1.35 bits per heavy atom. The summed E-state index contributed by atoms with van der Waals surface area (Å²) >= 11 is 1.23. The molecule has 122 valence electrons. The van der Waals surface area contributed by atoms with Gasteiger partial charge in [-0.2, -0.15) is 5.10 Å². The van der Waals surface area contributed by atoms with Crippen LogP contribution in [-0.4, -0.2) is 27.9 Å². The van der Waals surface area contributed by atoms with Crippen LogP contribution in [0.3, 0.4) is 0 Å². The molecular formula is C16H20N4O2S. The molecule has 1 aliphatic rings. The summed E-state index contributed by atoms with van der Waals surface area (Å²) in [7, 11) is 0. The highest BCUT2D eigenvalue weighted by molar-refractivity contribution is 8.15. The van der Waals surface area contributed by atoms with Gasteiger partial charge < -0.3 is 10.6 Å². The SMILES string of the molecule is CC(=NN=C1NC(=O)[C@H](CC(=O)Nc2ccccc2)S1)C(C)C. The van der Waals surface area contributed by atoms with Crippen LogP contribution in [0.25, 0.3) is 0 Å². The normalized spacial score (nSPS) is 20.0. The van der Waals surface area contributed by atoms with Gasteiger partial charge in [-0.3, -0.25) is 9.59 Å². The Morgan fingerprint density at radius 2 is 2.04 bits per heavy atom. The summed E-state index contributed by atoms with van der Waals surface area (Å²) in [4.78, 5) is 23.9. The van der Waals surface area contributed by atoms with E-state index in [1.54, 1.807) is 12.1 Å². The minimum Gasteiger partial charge on any atom is -0.326 e. The molecule has 1 fully saturated rings. The number of benzene rings is 1. The Labute approximate surface area is 139 Å². The van der Waals surface area contributed by atoms with Gasteiger partial charge >= 0.3 is 0 Å². The van der Waals surface area contributed by atoms with Crippen molar-refractivity contribution in [1.29, 1.82) is 0 Å². The first-order valence-corrected chi connectivity index (χ1v) is 8.28. The van der Waals surface area contributed by atoms with Gasteiger partial charge in [-0.05, 0) is 25.0 Å². The number of nitrogens with zero attached hydrogens (tertiary/aromatic N) is 2. The molecule has 7 heteroatoms. The van der Waals surface area contributed by atoms with Crippen molar-refractivity contribution in [2.24, 2.45) is 16.1 Å². The molecule has 1 aromatic carbocycles. The molecule has 0 radical (unpaired) electrons. The van der Waals surface area contributed by atoms with Crippen molar-refractivity contribution >= 4 is 40.1 Å². The molecule has 2 amide bonds. The lowest BCUT2D eigenvalue weighted by molar-refractivity contribution is -0.122. The fourth-order valence-corrected chi connectivity index (χ4v) is 2.65. The fraction of sp³-hybridized carbons (Fsp3) is 0.375. The van der Waals surface area contributed by atoms with Gasteiger partial charge in [-0.1, -0.05) is 43.8 Å². The molecule has 0 unspecified atom stereocenters. The third kappa shape index (κ3) is 5.21. The van der Waals surface area contributed by atoms with Crippen LogP contribution in [0.2, 0.25) is 0 Å². The quantitative estimate of drug-likeness (QED) is 0.642. The van der Waals surface area contributed by atoms with E-state index in [2.05, 4.69) is 20.8 Å². The van der Waals surface area contributed by atoms with Gasteiger partial charge in [0.25, 0.3) is 0 Å². The van der Waals surface area contributed by atoms with Gasteiger partial charge in [-0.15, -0.1) is 5.10 Å². The minimum absolute atomic E-state index is 0.0945. The molecule has 0 saturated carbocycles. The van der Waals surface area contributed by atoms with Crippen LogP contribution < -0.4 is 10.6 Å². The number of rotatable bonds is 5. The van der Waals surface area contributed by atoms with Crippen molar-refractivity contribution in [1.82, 2.24) is 5.32 Å². The van der Waals surface area contributed by atoms with Crippen molar-refractivity contribution in [3.05, 3.63) is 30.3 Å². The summed E-state index contributed by atoms with van der Waals surface area (Å²) in [6.45, 7) is 5.94.